The van der Waals surface area contributed by atoms with Gasteiger partial charge in [-0.25, -0.2) is 0 Å². The van der Waals surface area contributed by atoms with Gasteiger partial charge in [0.25, 0.3) is 0 Å². The lowest BCUT2D eigenvalue weighted by molar-refractivity contribution is -0.147. The van der Waals surface area contributed by atoms with Gasteiger partial charge in [-0.15, -0.1) is 0 Å². The molecule has 0 bridgehead atoms. The predicted molar refractivity (Wildman–Crippen MR) is 130 cm³/mol. The van der Waals surface area contributed by atoms with Crippen LogP contribution in [0.2, 0.25) is 0 Å². The zero-order valence-corrected chi connectivity index (χ0v) is 19.9. The molecule has 1 N–H and O–H groups in total. The Morgan fingerprint density at radius 2 is 2.11 bits per heavy atom. The van der Waals surface area contributed by atoms with Crippen LogP contribution in [0.1, 0.15) is 44.6 Å². The third kappa shape index (κ3) is 3.54. The van der Waals surface area contributed by atoms with Crippen molar-refractivity contribution in [2.75, 3.05) is 6.61 Å². The topological polar surface area (TPSA) is 85.7 Å². The van der Waals surface area contributed by atoms with Crippen LogP contribution in [0, 0.1) is 17.3 Å². The number of aromatic nitrogens is 1. The minimum absolute atomic E-state index is 0.0255. The van der Waals surface area contributed by atoms with Crippen molar-refractivity contribution in [2.45, 2.75) is 51.2 Å². The number of Topliss-reactive ketones (excluding diaryl/α,β-unsaturated/α-hetero) is 1. The molecule has 2 aromatic rings. The van der Waals surface area contributed by atoms with Crippen molar-refractivity contribution >= 4 is 22.5 Å². The van der Waals surface area contributed by atoms with Crippen molar-refractivity contribution in [2.24, 2.45) is 17.3 Å². The molecule has 2 unspecified atom stereocenters. The molecule has 0 radical (unpaired) electrons. The van der Waals surface area contributed by atoms with Gasteiger partial charge in [-0.2, -0.15) is 0 Å². The maximum Gasteiger partial charge on any atom is 0.302 e. The van der Waals surface area contributed by atoms with E-state index in [-0.39, 0.29) is 53.7 Å². The summed E-state index contributed by atoms with van der Waals surface area (Å²) >= 11 is 0. The first-order valence-corrected chi connectivity index (χ1v) is 12.3. The van der Waals surface area contributed by atoms with Gasteiger partial charge in [0, 0.05) is 61.4 Å². The molecule has 2 heterocycles. The molecular weight excluding hydrogens is 442 g/mol. The van der Waals surface area contributed by atoms with Gasteiger partial charge in [0.05, 0.1) is 5.57 Å². The van der Waals surface area contributed by atoms with Crippen molar-refractivity contribution < 1.29 is 24.2 Å². The highest BCUT2D eigenvalue weighted by atomic mass is 16.5. The lowest BCUT2D eigenvalue weighted by Crippen LogP contribution is -2.41. The first-order valence-electron chi connectivity index (χ1n) is 12.3. The van der Waals surface area contributed by atoms with E-state index in [0.29, 0.717) is 30.6 Å². The smallest absolute Gasteiger partial charge is 0.302 e. The third-order valence-corrected chi connectivity index (χ3v) is 8.38. The summed E-state index contributed by atoms with van der Waals surface area (Å²) in [6.07, 6.45) is 11.0. The molecule has 0 saturated heterocycles. The first-order chi connectivity index (χ1) is 16.9. The van der Waals surface area contributed by atoms with Crippen LogP contribution in [-0.4, -0.2) is 40.7 Å². The molecule has 1 aliphatic heterocycles. The van der Waals surface area contributed by atoms with Gasteiger partial charge in [0.15, 0.2) is 5.78 Å². The maximum atomic E-state index is 12.7. The van der Waals surface area contributed by atoms with E-state index in [9.17, 15) is 14.7 Å². The Kier molecular flexibility index (Phi) is 5.18. The summed E-state index contributed by atoms with van der Waals surface area (Å²) in [5, 5.41) is 11.8. The molecule has 35 heavy (non-hydrogen) atoms. The van der Waals surface area contributed by atoms with Crippen molar-refractivity contribution in [3.63, 3.8) is 0 Å². The van der Waals surface area contributed by atoms with Crippen LogP contribution < -0.4 is 0 Å². The molecule has 6 nitrogen and oxygen atoms in total. The minimum atomic E-state index is -0.310. The van der Waals surface area contributed by atoms with Crippen LogP contribution in [0.5, 0.6) is 0 Å². The fraction of sp³-hybridized carbons (Fsp3) is 0.414. The summed E-state index contributed by atoms with van der Waals surface area (Å²) < 4.78 is 12.5. The first kappa shape index (κ1) is 22.2. The predicted octanol–water partition coefficient (Wildman–Crippen LogP) is 4.40. The number of rotatable bonds is 3. The lowest BCUT2D eigenvalue weighted by Gasteiger charge is -2.44. The van der Waals surface area contributed by atoms with Gasteiger partial charge in [0.2, 0.25) is 0 Å². The Bertz CT molecular complexity index is 1320. The average Bonchev–Trinajstić information content (AvgIpc) is 3.14. The molecule has 6 rings (SSSR count). The van der Waals surface area contributed by atoms with Crippen LogP contribution in [0.15, 0.2) is 71.8 Å². The Balaban J connectivity index is 1.41. The number of pyridine rings is 1. The highest BCUT2D eigenvalue weighted by Gasteiger charge is 2.58. The van der Waals surface area contributed by atoms with E-state index < -0.39 is 0 Å². The average molecular weight is 472 g/mol. The SMILES string of the molecule is CC(=O)OC1C[C@H]2[C@@H]3OC4=C(C=C3C=C[C@]2(C)[C@H]1c1ccc2cnccc2c1)C(=O)CC(CO)C4. The molecule has 0 amide bonds. The number of carbonyl (C=O) groups is 2. The molecule has 6 atom stereocenters. The molecule has 6 heteroatoms. The number of esters is 1. The standard InChI is InChI=1S/C29H29NO5/c1-16(32)34-26-13-23-28-20(12-22-24(33)9-17(15-31)10-25(22)35-28)5-7-29(23,2)27(26)19-3-4-21-14-30-8-6-18(21)11-19/h3-8,11-12,14,17,23,26-28,31H,9-10,13,15H2,1-2H3/t17?,23-,26?,27-,28+,29-/m0/s1. The summed E-state index contributed by atoms with van der Waals surface area (Å²) in [5.74, 6) is 0.371. The molecule has 3 aliphatic carbocycles. The van der Waals surface area contributed by atoms with Gasteiger partial charge < -0.3 is 14.6 Å². The molecule has 4 aliphatic rings. The molecule has 1 saturated carbocycles. The summed E-state index contributed by atoms with van der Waals surface area (Å²) in [6, 6.07) is 8.38. The lowest BCUT2D eigenvalue weighted by atomic mass is 9.64. The number of hydrogen-bond donors (Lipinski definition) is 1. The third-order valence-electron chi connectivity index (χ3n) is 8.38. The zero-order valence-electron chi connectivity index (χ0n) is 19.9. The number of nitrogens with zero attached hydrogens (tertiary/aromatic N) is 1. The second-order valence-corrected chi connectivity index (χ2v) is 10.5. The summed E-state index contributed by atoms with van der Waals surface area (Å²) in [4.78, 5) is 29.0. The summed E-state index contributed by atoms with van der Waals surface area (Å²) in [5.41, 5.74) is 2.45. The second-order valence-electron chi connectivity index (χ2n) is 10.5. The highest BCUT2D eigenvalue weighted by Crippen LogP contribution is 2.60. The second kappa shape index (κ2) is 8.16. The van der Waals surface area contributed by atoms with E-state index in [2.05, 4.69) is 42.3 Å². The Morgan fingerprint density at radius 1 is 1.26 bits per heavy atom. The molecule has 180 valence electrons. The van der Waals surface area contributed by atoms with E-state index in [4.69, 9.17) is 9.47 Å². The van der Waals surface area contributed by atoms with Crippen LogP contribution in [0.4, 0.5) is 0 Å². The number of benzene rings is 1. The summed E-state index contributed by atoms with van der Waals surface area (Å²) in [7, 11) is 0. The minimum Gasteiger partial charge on any atom is -0.489 e. The molecule has 1 aromatic carbocycles. The number of ketones is 1. The van der Waals surface area contributed by atoms with Crippen molar-refractivity contribution in [1.29, 1.82) is 0 Å². The number of ether oxygens (including phenoxy) is 2. The quantitative estimate of drug-likeness (QED) is 0.668. The van der Waals surface area contributed by atoms with Crippen LogP contribution in [0.25, 0.3) is 10.8 Å². The summed E-state index contributed by atoms with van der Waals surface area (Å²) in [6.45, 7) is 3.67. The van der Waals surface area contributed by atoms with Gasteiger partial charge >= 0.3 is 5.97 Å². The molecule has 1 aromatic heterocycles. The van der Waals surface area contributed by atoms with E-state index in [0.717, 1.165) is 21.9 Å². The Labute approximate surface area is 204 Å². The fourth-order valence-electron chi connectivity index (χ4n) is 6.72. The normalized spacial score (nSPS) is 33.5. The van der Waals surface area contributed by atoms with Gasteiger partial charge in [-0.05, 0) is 41.0 Å². The number of hydrogen-bond acceptors (Lipinski definition) is 6. The Hall–Kier alpha value is -3.25. The van der Waals surface area contributed by atoms with Gasteiger partial charge in [-0.1, -0.05) is 37.3 Å². The van der Waals surface area contributed by atoms with E-state index in [1.165, 1.54) is 6.92 Å². The largest absolute Gasteiger partial charge is 0.489 e. The molecule has 0 spiro atoms. The zero-order chi connectivity index (χ0) is 24.3. The Morgan fingerprint density at radius 3 is 2.91 bits per heavy atom. The van der Waals surface area contributed by atoms with Crippen LogP contribution in [0.3, 0.4) is 0 Å². The monoisotopic (exact) mass is 471 g/mol. The number of allylic oxidation sites excluding steroid dienone is 4. The van der Waals surface area contributed by atoms with Crippen LogP contribution in [-0.2, 0) is 19.1 Å². The van der Waals surface area contributed by atoms with E-state index in [1.54, 1.807) is 6.20 Å². The van der Waals surface area contributed by atoms with Crippen LogP contribution >= 0.6 is 0 Å². The fourth-order valence-corrected chi connectivity index (χ4v) is 6.72. The van der Waals surface area contributed by atoms with E-state index in [1.807, 2.05) is 18.3 Å². The highest BCUT2D eigenvalue weighted by molar-refractivity contribution is 6.00. The van der Waals surface area contributed by atoms with Crippen molar-refractivity contribution in [3.8, 4) is 0 Å². The number of fused-ring (bicyclic) bond motifs is 4. The number of aliphatic hydroxyl groups excluding tert-OH is 1. The molecular formula is C29H29NO5. The maximum absolute atomic E-state index is 12.7. The molecule has 1 fully saturated rings. The van der Waals surface area contributed by atoms with Gasteiger partial charge in [-0.3, -0.25) is 14.6 Å². The number of carbonyl (C=O) groups excluding carboxylic acids is 2. The van der Waals surface area contributed by atoms with Crippen molar-refractivity contribution in [3.05, 3.63) is 77.4 Å². The number of aliphatic hydroxyl groups is 1. The van der Waals surface area contributed by atoms with Gasteiger partial charge in [0.1, 0.15) is 18.0 Å². The van der Waals surface area contributed by atoms with Crippen molar-refractivity contribution in [1.82, 2.24) is 4.98 Å². The van der Waals surface area contributed by atoms with E-state index >= 15 is 0 Å².